The van der Waals surface area contributed by atoms with E-state index in [4.69, 9.17) is 16.2 Å². The highest BCUT2D eigenvalue weighted by Gasteiger charge is 2.17. The summed E-state index contributed by atoms with van der Waals surface area (Å²) in [6.45, 7) is 2.14. The molecule has 0 amide bonds. The molecule has 1 aromatic heterocycles. The second kappa shape index (κ2) is 7.71. The summed E-state index contributed by atoms with van der Waals surface area (Å²) < 4.78 is 5.44. The van der Waals surface area contributed by atoms with Gasteiger partial charge in [-0.2, -0.15) is 0 Å². The Morgan fingerprint density at radius 1 is 1.08 bits per heavy atom. The Balaban J connectivity index is 1.71. The van der Waals surface area contributed by atoms with E-state index < -0.39 is 0 Å². The number of nitrogens with zero attached hydrogens (tertiary/aromatic N) is 4. The van der Waals surface area contributed by atoms with E-state index in [1.807, 2.05) is 0 Å². The Kier molecular flexibility index (Phi) is 5.20. The molecule has 0 radical (unpaired) electrons. The van der Waals surface area contributed by atoms with E-state index >= 15 is 0 Å². The fraction of sp³-hybridized carbons (Fsp3) is 0.294. The van der Waals surface area contributed by atoms with Crippen LogP contribution < -0.4 is 16.2 Å². The lowest BCUT2D eigenvalue weighted by Crippen LogP contribution is -2.29. The zero-order valence-corrected chi connectivity index (χ0v) is 13.8. The highest BCUT2D eigenvalue weighted by Crippen LogP contribution is 2.30. The molecule has 1 aromatic carbocycles. The van der Waals surface area contributed by atoms with Gasteiger partial charge in [0.15, 0.2) is 11.6 Å². The molecule has 1 aliphatic rings. The molecule has 0 aliphatic carbocycles. The van der Waals surface area contributed by atoms with Crippen molar-refractivity contribution < 1.29 is 9.53 Å². The van der Waals surface area contributed by atoms with Crippen LogP contribution in [0.5, 0.6) is 5.75 Å². The Bertz CT molecular complexity index is 786. The van der Waals surface area contributed by atoms with Gasteiger partial charge in [0, 0.05) is 0 Å². The number of hydrogen-bond donors (Lipinski definition) is 2. The number of benzene rings is 1. The van der Waals surface area contributed by atoms with E-state index in [9.17, 15) is 4.79 Å². The van der Waals surface area contributed by atoms with Gasteiger partial charge in [-0.1, -0.05) is 12.1 Å². The van der Waals surface area contributed by atoms with Gasteiger partial charge in [0.2, 0.25) is 0 Å². The largest absolute Gasteiger partial charge is 0.423 e. The van der Waals surface area contributed by atoms with Crippen molar-refractivity contribution in [3.8, 4) is 5.75 Å². The highest BCUT2D eigenvalue weighted by molar-refractivity contribution is 5.76. The van der Waals surface area contributed by atoms with Gasteiger partial charge in [-0.05, 0) is 50.2 Å². The van der Waals surface area contributed by atoms with Crippen LogP contribution in [0.2, 0.25) is 0 Å². The summed E-state index contributed by atoms with van der Waals surface area (Å²) in [7, 11) is 0. The molecule has 2 heterocycles. The van der Waals surface area contributed by atoms with Gasteiger partial charge in [0.05, 0.1) is 6.54 Å². The van der Waals surface area contributed by atoms with Gasteiger partial charge in [0.1, 0.15) is 17.2 Å². The summed E-state index contributed by atoms with van der Waals surface area (Å²) in [4.78, 5) is 18.1. The molecule has 130 valence electrons. The summed E-state index contributed by atoms with van der Waals surface area (Å²) in [5.41, 5.74) is 12.1. The van der Waals surface area contributed by atoms with Gasteiger partial charge in [0.25, 0.3) is 0 Å². The number of carbonyl (C=O) groups excluding carboxylic acids is 1. The van der Waals surface area contributed by atoms with E-state index in [-0.39, 0.29) is 18.3 Å². The Labute approximate surface area is 145 Å². The van der Waals surface area contributed by atoms with Crippen molar-refractivity contribution in [1.82, 2.24) is 9.88 Å². The van der Waals surface area contributed by atoms with Crippen molar-refractivity contribution >= 4 is 29.0 Å². The van der Waals surface area contributed by atoms with Crippen LogP contribution >= 0.6 is 0 Å². The number of hydrogen-bond acceptors (Lipinski definition) is 8. The number of pyridine rings is 1. The molecule has 1 aliphatic heterocycles. The van der Waals surface area contributed by atoms with Gasteiger partial charge in [-0.3, -0.25) is 9.69 Å². The quantitative estimate of drug-likeness (QED) is 0.490. The Hall–Kier alpha value is -3.00. The highest BCUT2D eigenvalue weighted by atomic mass is 16.5. The van der Waals surface area contributed by atoms with Crippen molar-refractivity contribution in [2.24, 2.45) is 10.2 Å². The predicted octanol–water partition coefficient (Wildman–Crippen LogP) is 2.66. The second-order valence-corrected chi connectivity index (χ2v) is 5.77. The topological polar surface area (TPSA) is 119 Å². The average Bonchev–Trinajstić information content (AvgIpc) is 3.08. The van der Waals surface area contributed by atoms with Crippen molar-refractivity contribution in [2.75, 3.05) is 31.1 Å². The predicted molar refractivity (Wildman–Crippen MR) is 95.0 cm³/mol. The number of likely N-dealkylation sites (tertiary alicyclic amines) is 1. The van der Waals surface area contributed by atoms with Crippen LogP contribution in [-0.2, 0) is 4.79 Å². The Morgan fingerprint density at radius 2 is 1.80 bits per heavy atom. The number of ether oxygens (including phenoxy) is 1. The molecule has 0 spiro atoms. The molecule has 8 nitrogen and oxygen atoms in total. The number of rotatable bonds is 5. The normalized spacial score (nSPS) is 14.9. The van der Waals surface area contributed by atoms with Gasteiger partial charge < -0.3 is 16.2 Å². The van der Waals surface area contributed by atoms with Crippen LogP contribution in [0.1, 0.15) is 12.8 Å². The molecule has 0 unspecified atom stereocenters. The third kappa shape index (κ3) is 4.51. The number of esters is 1. The Morgan fingerprint density at radius 3 is 2.56 bits per heavy atom. The maximum absolute atomic E-state index is 12.1. The van der Waals surface area contributed by atoms with Crippen LogP contribution in [0.4, 0.5) is 23.0 Å². The van der Waals surface area contributed by atoms with Crippen LogP contribution in [0.25, 0.3) is 0 Å². The lowest BCUT2D eigenvalue weighted by atomic mass is 10.3. The minimum atomic E-state index is -0.307. The molecule has 3 rings (SSSR count). The van der Waals surface area contributed by atoms with Gasteiger partial charge >= 0.3 is 5.97 Å². The lowest BCUT2D eigenvalue weighted by Gasteiger charge is -2.13. The monoisotopic (exact) mass is 340 g/mol. The second-order valence-electron chi connectivity index (χ2n) is 5.77. The smallest absolute Gasteiger partial charge is 0.325 e. The zero-order valence-electron chi connectivity index (χ0n) is 13.8. The minimum Gasteiger partial charge on any atom is -0.423 e. The maximum Gasteiger partial charge on any atom is 0.325 e. The third-order valence-electron chi connectivity index (χ3n) is 3.83. The summed E-state index contributed by atoms with van der Waals surface area (Å²) in [6.07, 6.45) is 2.24. The van der Waals surface area contributed by atoms with E-state index in [1.54, 1.807) is 36.4 Å². The minimum absolute atomic E-state index is 0.187. The summed E-state index contributed by atoms with van der Waals surface area (Å²) in [5.74, 6) is 0.551. The first-order valence-electron chi connectivity index (χ1n) is 8.07. The number of aromatic nitrogens is 1. The van der Waals surface area contributed by atoms with Crippen molar-refractivity contribution in [3.63, 3.8) is 0 Å². The number of azo groups is 1. The maximum atomic E-state index is 12.1. The number of carbonyl (C=O) groups is 1. The molecule has 0 bridgehead atoms. The molecular formula is C17H20N6O2. The first kappa shape index (κ1) is 16.8. The first-order chi connectivity index (χ1) is 12.1. The molecule has 0 atom stereocenters. The number of para-hydroxylation sites is 1. The van der Waals surface area contributed by atoms with E-state index in [0.717, 1.165) is 25.9 Å². The molecule has 0 saturated carbocycles. The lowest BCUT2D eigenvalue weighted by molar-refractivity contribution is -0.135. The van der Waals surface area contributed by atoms with Gasteiger partial charge in [-0.15, -0.1) is 10.2 Å². The van der Waals surface area contributed by atoms with Gasteiger partial charge in [-0.25, -0.2) is 4.98 Å². The van der Waals surface area contributed by atoms with Crippen molar-refractivity contribution in [2.45, 2.75) is 12.8 Å². The number of nitrogen functional groups attached to an aromatic ring is 2. The molecule has 1 fully saturated rings. The fourth-order valence-electron chi connectivity index (χ4n) is 2.58. The van der Waals surface area contributed by atoms with E-state index in [1.165, 1.54) is 0 Å². The number of anilines is 2. The zero-order chi connectivity index (χ0) is 17.6. The number of nitrogens with two attached hydrogens (primary N) is 2. The molecule has 2 aromatic rings. The molecule has 1 saturated heterocycles. The van der Waals surface area contributed by atoms with E-state index in [2.05, 4.69) is 20.1 Å². The SMILES string of the molecule is Nc1ccc(/N=N/c2ccccc2OC(=O)CN2CCCC2)c(N)n1. The summed E-state index contributed by atoms with van der Waals surface area (Å²) >= 11 is 0. The fourth-order valence-corrected chi connectivity index (χ4v) is 2.58. The van der Waals surface area contributed by atoms with Crippen molar-refractivity contribution in [1.29, 1.82) is 0 Å². The molecular weight excluding hydrogens is 320 g/mol. The summed E-state index contributed by atoms with van der Waals surface area (Å²) in [5, 5.41) is 8.19. The van der Waals surface area contributed by atoms with Crippen LogP contribution in [0.3, 0.4) is 0 Å². The standard InChI is InChI=1S/C17H20N6O2/c18-15-8-7-13(17(19)20-15)22-21-12-5-1-2-6-14(12)25-16(24)11-23-9-3-4-10-23/h1-2,5-8H,3-4,9-11H2,(H4,18,19,20)/b22-21+. The van der Waals surface area contributed by atoms with E-state index in [0.29, 0.717) is 22.9 Å². The first-order valence-corrected chi connectivity index (χ1v) is 8.07. The molecule has 8 heteroatoms. The summed E-state index contributed by atoms with van der Waals surface area (Å²) in [6, 6.07) is 10.2. The molecule has 4 N–H and O–H groups in total. The van der Waals surface area contributed by atoms with Crippen LogP contribution in [0.15, 0.2) is 46.6 Å². The average molecular weight is 340 g/mol. The molecule has 25 heavy (non-hydrogen) atoms. The van der Waals surface area contributed by atoms with Crippen molar-refractivity contribution in [3.05, 3.63) is 36.4 Å². The van der Waals surface area contributed by atoms with Crippen LogP contribution in [-0.4, -0.2) is 35.5 Å². The third-order valence-corrected chi connectivity index (χ3v) is 3.83. The van der Waals surface area contributed by atoms with Crippen LogP contribution in [0, 0.1) is 0 Å².